The lowest BCUT2D eigenvalue weighted by Crippen LogP contribution is -2.49. The first-order chi connectivity index (χ1) is 12.4. The van der Waals surface area contributed by atoms with E-state index in [4.69, 9.17) is 15.7 Å². The predicted octanol–water partition coefficient (Wildman–Crippen LogP) is 0.671. The van der Waals surface area contributed by atoms with Crippen LogP contribution < -0.4 is 11.1 Å². The van der Waals surface area contributed by atoms with Crippen LogP contribution in [-0.2, 0) is 14.9 Å². The van der Waals surface area contributed by atoms with Gasteiger partial charge in [0.05, 0.1) is 19.0 Å². The molecule has 0 saturated carbocycles. The van der Waals surface area contributed by atoms with Crippen molar-refractivity contribution in [3.8, 4) is 5.69 Å². The number of ether oxygens (including phenoxy) is 1. The summed E-state index contributed by atoms with van der Waals surface area (Å²) < 4.78 is 21.0. The Morgan fingerprint density at radius 2 is 2.38 bits per heavy atom. The lowest BCUT2D eigenvalue weighted by molar-refractivity contribution is -0.126. The second-order valence-electron chi connectivity index (χ2n) is 5.97. The third-order valence-electron chi connectivity index (χ3n) is 4.44. The number of cyclic esters (lactones) is 1. The van der Waals surface area contributed by atoms with Gasteiger partial charge >= 0.3 is 6.09 Å². The minimum Gasteiger partial charge on any atom is -0.443 e. The number of nitrogens with two attached hydrogens (primary N) is 1. The number of oxime groups is 1. The lowest BCUT2D eigenvalue weighted by Gasteiger charge is -2.31. The summed E-state index contributed by atoms with van der Waals surface area (Å²) in [6, 6.07) is 4.12. The molecule has 136 valence electrons. The van der Waals surface area contributed by atoms with Gasteiger partial charge < -0.3 is 21.0 Å². The van der Waals surface area contributed by atoms with Crippen LogP contribution in [0, 0.1) is 5.82 Å². The molecule has 2 amide bonds. The van der Waals surface area contributed by atoms with Crippen molar-refractivity contribution in [3.63, 3.8) is 0 Å². The van der Waals surface area contributed by atoms with E-state index in [0.717, 1.165) is 12.3 Å². The number of hydrogen-bond donors (Lipinski definition) is 3. The quantitative estimate of drug-likeness (QED) is 0.409. The van der Waals surface area contributed by atoms with E-state index in [-0.39, 0.29) is 17.8 Å². The zero-order chi connectivity index (χ0) is 18.9. The van der Waals surface area contributed by atoms with Gasteiger partial charge in [0, 0.05) is 11.8 Å². The number of benzene rings is 1. The minimum atomic E-state index is -1.41. The second kappa shape index (κ2) is 6.47. The number of nitrogens with zero attached hydrogens (tertiary/aromatic N) is 3. The van der Waals surface area contributed by atoms with Gasteiger partial charge in [-0.3, -0.25) is 4.79 Å². The van der Waals surface area contributed by atoms with E-state index in [0.29, 0.717) is 5.56 Å². The highest BCUT2D eigenvalue weighted by Gasteiger charge is 2.47. The Hall–Kier alpha value is -3.43. The van der Waals surface area contributed by atoms with E-state index in [1.807, 2.05) is 0 Å². The number of alkyl carbamates (subject to hydrolysis) is 1. The number of rotatable bonds is 5. The Balaban J connectivity index is 1.99. The highest BCUT2D eigenvalue weighted by atomic mass is 19.1. The molecule has 1 aromatic carbocycles. The van der Waals surface area contributed by atoms with Crippen LogP contribution >= 0.6 is 0 Å². The van der Waals surface area contributed by atoms with Crippen molar-refractivity contribution in [3.05, 3.63) is 47.5 Å². The van der Waals surface area contributed by atoms with Crippen molar-refractivity contribution < 1.29 is 23.9 Å². The van der Waals surface area contributed by atoms with Gasteiger partial charge in [-0.25, -0.2) is 13.9 Å². The number of amides is 2. The van der Waals surface area contributed by atoms with Crippen LogP contribution in [-0.4, -0.2) is 45.9 Å². The first-order valence-electron chi connectivity index (χ1n) is 7.63. The average Bonchev–Trinajstić information content (AvgIpc) is 3.23. The van der Waals surface area contributed by atoms with Crippen LogP contribution in [0.5, 0.6) is 0 Å². The smallest absolute Gasteiger partial charge is 0.407 e. The Bertz CT molecular complexity index is 897. The molecule has 1 saturated heterocycles. The van der Waals surface area contributed by atoms with Crippen molar-refractivity contribution in [1.82, 2.24) is 15.1 Å². The molecule has 1 aliphatic rings. The molecule has 3 rings (SSSR count). The normalized spacial score (nSPS) is 19.2. The van der Waals surface area contributed by atoms with Crippen LogP contribution in [0.15, 0.2) is 35.7 Å². The van der Waals surface area contributed by atoms with Gasteiger partial charge in [0.15, 0.2) is 0 Å². The molecule has 26 heavy (non-hydrogen) atoms. The van der Waals surface area contributed by atoms with Gasteiger partial charge in [-0.05, 0) is 24.6 Å². The van der Waals surface area contributed by atoms with Crippen molar-refractivity contribution >= 4 is 18.2 Å². The minimum absolute atomic E-state index is 0.0880. The summed E-state index contributed by atoms with van der Waals surface area (Å²) in [6.45, 7) is 1.59. The molecular weight excluding hydrogens is 345 g/mol. The molecule has 2 aromatic rings. The number of aromatic nitrogens is 2. The monoisotopic (exact) mass is 361 g/mol. The fourth-order valence-electron chi connectivity index (χ4n) is 2.81. The zero-order valence-electron chi connectivity index (χ0n) is 13.7. The van der Waals surface area contributed by atoms with Gasteiger partial charge in [-0.15, -0.1) is 0 Å². The van der Waals surface area contributed by atoms with Crippen molar-refractivity contribution in [1.29, 1.82) is 0 Å². The first kappa shape index (κ1) is 17.4. The van der Waals surface area contributed by atoms with Crippen molar-refractivity contribution in [2.24, 2.45) is 10.9 Å². The van der Waals surface area contributed by atoms with E-state index in [2.05, 4.69) is 15.6 Å². The van der Waals surface area contributed by atoms with E-state index in [1.165, 1.54) is 36.1 Å². The Morgan fingerprint density at radius 1 is 1.62 bits per heavy atom. The highest BCUT2D eigenvalue weighted by molar-refractivity contribution is 5.88. The fraction of sp³-hybridized carbons (Fsp3) is 0.250. The molecule has 2 atom stereocenters. The fourth-order valence-corrected chi connectivity index (χ4v) is 2.81. The number of hydrogen-bond acceptors (Lipinski definition) is 6. The molecule has 9 nitrogen and oxygen atoms in total. The summed E-state index contributed by atoms with van der Waals surface area (Å²) >= 11 is 0. The molecule has 1 aromatic heterocycles. The molecule has 10 heteroatoms. The average molecular weight is 361 g/mol. The van der Waals surface area contributed by atoms with Crippen LogP contribution in [0.25, 0.3) is 5.69 Å². The van der Waals surface area contributed by atoms with Gasteiger partial charge in [-0.2, -0.15) is 5.10 Å². The summed E-state index contributed by atoms with van der Waals surface area (Å²) in [5.41, 5.74) is 5.00. The summed E-state index contributed by atoms with van der Waals surface area (Å²) in [5.74, 6) is -1.39. The first-order valence-corrected chi connectivity index (χ1v) is 7.63. The number of nitrogens with one attached hydrogen (secondary N) is 1. The highest BCUT2D eigenvalue weighted by Crippen LogP contribution is 2.32. The predicted molar refractivity (Wildman–Crippen MR) is 87.7 cm³/mol. The number of halogens is 1. The zero-order valence-corrected chi connectivity index (χ0v) is 13.7. The molecule has 0 spiro atoms. The summed E-state index contributed by atoms with van der Waals surface area (Å²) in [4.78, 5) is 23.4. The van der Waals surface area contributed by atoms with E-state index in [1.54, 1.807) is 0 Å². The summed E-state index contributed by atoms with van der Waals surface area (Å²) in [5, 5.41) is 17.8. The molecule has 0 aliphatic carbocycles. The molecule has 1 aliphatic heterocycles. The SMILES string of the molecule is CC(C(N)=O)(c1ccc(-n2cc(C=NO)cn2)c(F)c1)C1CNC(=O)O1. The van der Waals surface area contributed by atoms with E-state index < -0.39 is 29.3 Å². The molecule has 0 bridgehead atoms. The molecular formula is C16H16FN5O4. The van der Waals surface area contributed by atoms with Crippen LogP contribution in [0.2, 0.25) is 0 Å². The van der Waals surface area contributed by atoms with E-state index >= 15 is 0 Å². The maximum absolute atomic E-state index is 14.7. The maximum atomic E-state index is 14.7. The largest absolute Gasteiger partial charge is 0.443 e. The van der Waals surface area contributed by atoms with E-state index in [9.17, 15) is 14.0 Å². The Morgan fingerprint density at radius 3 is 2.96 bits per heavy atom. The third kappa shape index (κ3) is 2.85. The van der Waals surface area contributed by atoms with Gasteiger partial charge in [0.25, 0.3) is 0 Å². The second-order valence-corrected chi connectivity index (χ2v) is 5.97. The maximum Gasteiger partial charge on any atom is 0.407 e. The molecule has 0 radical (unpaired) electrons. The van der Waals surface area contributed by atoms with Crippen molar-refractivity contribution in [2.75, 3.05) is 6.54 Å². The third-order valence-corrected chi connectivity index (χ3v) is 4.44. The molecule has 2 unspecified atom stereocenters. The number of primary amides is 1. The molecule has 4 N–H and O–H groups in total. The lowest BCUT2D eigenvalue weighted by atomic mass is 9.76. The topological polar surface area (TPSA) is 132 Å². The van der Waals surface area contributed by atoms with Crippen LogP contribution in [0.4, 0.5) is 9.18 Å². The summed E-state index contributed by atoms with van der Waals surface area (Å²) in [6.07, 6.45) is 2.50. The van der Waals surface area contributed by atoms with Crippen LogP contribution in [0.3, 0.4) is 0 Å². The Kier molecular flexibility index (Phi) is 4.33. The summed E-state index contributed by atoms with van der Waals surface area (Å²) in [7, 11) is 0. The number of carbonyl (C=O) groups excluding carboxylic acids is 2. The molecule has 2 heterocycles. The van der Waals surface area contributed by atoms with Crippen molar-refractivity contribution in [2.45, 2.75) is 18.4 Å². The molecule has 1 fully saturated rings. The standard InChI is InChI=1S/C16H16FN5O4/c1-16(14(18)23,13-7-19-15(24)26-13)10-2-3-12(11(17)4-10)22-8-9(5-20-22)6-21-25/h2-6,8,13,25H,7H2,1H3,(H2,18,23)(H,19,24). The van der Waals surface area contributed by atoms with Crippen LogP contribution in [0.1, 0.15) is 18.1 Å². The Labute approximate surface area is 147 Å². The van der Waals surface area contributed by atoms with Gasteiger partial charge in [0.2, 0.25) is 5.91 Å². The number of carbonyl (C=O) groups is 2. The van der Waals surface area contributed by atoms with Gasteiger partial charge in [0.1, 0.15) is 23.0 Å². The van der Waals surface area contributed by atoms with Gasteiger partial charge in [-0.1, -0.05) is 11.2 Å².